The number of hydrogen-bond acceptors (Lipinski definition) is 5. The minimum atomic E-state index is 0.678. The highest BCUT2D eigenvalue weighted by Crippen LogP contribution is 2.30. The average Bonchev–Trinajstić information content (AvgIpc) is 2.69. The van der Waals surface area contributed by atoms with Crippen LogP contribution in [0.2, 0.25) is 10.0 Å². The standard InChI is InChI=1S/C22H27Cl2N5/c23-17-5-4-16(20(24)12-17)13-27-7-6-19-21(14-27)25-15-26-22(19)29-10-8-28(9-11-29)18-2-1-3-18/h4-5,12,15,18H,1-3,6-11,13-14H2. The number of anilines is 1. The van der Waals surface area contributed by atoms with Crippen molar-refractivity contribution in [3.8, 4) is 0 Å². The molecule has 0 radical (unpaired) electrons. The molecule has 0 unspecified atom stereocenters. The average molecular weight is 432 g/mol. The van der Waals surface area contributed by atoms with E-state index in [1.54, 1.807) is 6.33 Å². The maximum atomic E-state index is 6.38. The molecule has 1 saturated heterocycles. The molecule has 2 aromatic rings. The van der Waals surface area contributed by atoms with Crippen LogP contribution in [-0.4, -0.2) is 58.5 Å². The maximum Gasteiger partial charge on any atom is 0.135 e. The Morgan fingerprint density at radius 3 is 2.55 bits per heavy atom. The highest BCUT2D eigenvalue weighted by atomic mass is 35.5. The maximum absolute atomic E-state index is 6.38. The summed E-state index contributed by atoms with van der Waals surface area (Å²) in [7, 11) is 0. The molecule has 3 aliphatic rings. The summed E-state index contributed by atoms with van der Waals surface area (Å²) in [6.45, 7) is 7.11. The van der Waals surface area contributed by atoms with E-state index in [0.717, 1.165) is 80.4 Å². The Bertz CT molecular complexity index is 878. The van der Waals surface area contributed by atoms with E-state index in [-0.39, 0.29) is 0 Å². The second kappa shape index (κ2) is 8.38. The Morgan fingerprint density at radius 1 is 1.00 bits per heavy atom. The molecule has 29 heavy (non-hydrogen) atoms. The number of hydrogen-bond donors (Lipinski definition) is 0. The Morgan fingerprint density at radius 2 is 1.83 bits per heavy atom. The normalized spacial score (nSPS) is 21.1. The van der Waals surface area contributed by atoms with E-state index in [4.69, 9.17) is 28.2 Å². The lowest BCUT2D eigenvalue weighted by Gasteiger charge is -2.43. The molecule has 3 heterocycles. The molecule has 0 amide bonds. The molecule has 0 atom stereocenters. The molecule has 1 saturated carbocycles. The van der Waals surface area contributed by atoms with Gasteiger partial charge in [0.1, 0.15) is 12.1 Å². The zero-order valence-corrected chi connectivity index (χ0v) is 18.2. The van der Waals surface area contributed by atoms with Crippen molar-refractivity contribution < 1.29 is 0 Å². The summed E-state index contributed by atoms with van der Waals surface area (Å²) in [5, 5.41) is 1.41. The van der Waals surface area contributed by atoms with Crippen molar-refractivity contribution in [2.24, 2.45) is 0 Å². The fourth-order valence-corrected chi connectivity index (χ4v) is 5.21. The molecule has 1 aliphatic carbocycles. The van der Waals surface area contributed by atoms with E-state index in [2.05, 4.69) is 19.7 Å². The predicted molar refractivity (Wildman–Crippen MR) is 118 cm³/mol. The predicted octanol–water partition coefficient (Wildman–Crippen LogP) is 4.02. The van der Waals surface area contributed by atoms with Crippen LogP contribution >= 0.6 is 23.2 Å². The molecule has 0 spiro atoms. The van der Waals surface area contributed by atoms with Gasteiger partial charge in [0.05, 0.1) is 5.69 Å². The Balaban J connectivity index is 1.26. The van der Waals surface area contributed by atoms with Crippen LogP contribution in [0, 0.1) is 0 Å². The van der Waals surface area contributed by atoms with Gasteiger partial charge in [0.15, 0.2) is 0 Å². The van der Waals surface area contributed by atoms with Crippen molar-refractivity contribution in [2.45, 2.75) is 44.8 Å². The van der Waals surface area contributed by atoms with Crippen LogP contribution in [0.4, 0.5) is 5.82 Å². The Kier molecular flexibility index (Phi) is 5.65. The highest BCUT2D eigenvalue weighted by molar-refractivity contribution is 6.35. The van der Waals surface area contributed by atoms with Gasteiger partial charge in [0.2, 0.25) is 0 Å². The third-order valence-corrected chi connectivity index (χ3v) is 7.26. The van der Waals surface area contributed by atoms with Crippen molar-refractivity contribution in [2.75, 3.05) is 37.6 Å². The number of halogens is 2. The summed E-state index contributed by atoms with van der Waals surface area (Å²) in [5.41, 5.74) is 3.61. The minimum Gasteiger partial charge on any atom is -0.354 e. The SMILES string of the molecule is Clc1ccc(CN2CCc3c(ncnc3N3CCN(C4CCC4)CC3)C2)c(Cl)c1. The number of nitrogens with zero attached hydrogens (tertiary/aromatic N) is 5. The largest absolute Gasteiger partial charge is 0.354 e. The second-order valence-electron chi connectivity index (χ2n) is 8.43. The lowest BCUT2D eigenvalue weighted by molar-refractivity contribution is 0.120. The van der Waals surface area contributed by atoms with Crippen LogP contribution in [-0.2, 0) is 19.5 Å². The van der Waals surface area contributed by atoms with Crippen LogP contribution in [0.25, 0.3) is 0 Å². The van der Waals surface area contributed by atoms with Gasteiger partial charge in [-0.15, -0.1) is 0 Å². The minimum absolute atomic E-state index is 0.678. The summed E-state index contributed by atoms with van der Waals surface area (Å²) in [6.07, 6.45) is 6.90. The van der Waals surface area contributed by atoms with E-state index < -0.39 is 0 Å². The van der Waals surface area contributed by atoms with Crippen molar-refractivity contribution >= 4 is 29.0 Å². The fourth-order valence-electron chi connectivity index (χ4n) is 4.74. The lowest BCUT2D eigenvalue weighted by Crippen LogP contribution is -2.52. The zero-order valence-electron chi connectivity index (χ0n) is 16.7. The molecular weight excluding hydrogens is 405 g/mol. The molecule has 0 N–H and O–H groups in total. The van der Waals surface area contributed by atoms with Gasteiger partial charge in [0, 0.05) is 67.5 Å². The number of rotatable bonds is 4. The first-order valence-electron chi connectivity index (χ1n) is 10.7. The third kappa shape index (κ3) is 4.11. The molecule has 0 bridgehead atoms. The van der Waals surface area contributed by atoms with E-state index in [0.29, 0.717) is 5.02 Å². The van der Waals surface area contributed by atoms with E-state index in [9.17, 15) is 0 Å². The van der Waals surface area contributed by atoms with E-state index in [1.807, 2.05) is 18.2 Å². The summed E-state index contributed by atoms with van der Waals surface area (Å²) in [5.74, 6) is 1.16. The summed E-state index contributed by atoms with van der Waals surface area (Å²) in [6, 6.07) is 6.58. The van der Waals surface area contributed by atoms with E-state index in [1.165, 1.54) is 24.8 Å². The molecule has 2 fully saturated rings. The van der Waals surface area contributed by atoms with Gasteiger partial charge in [-0.05, 0) is 37.0 Å². The number of benzene rings is 1. The summed E-state index contributed by atoms with van der Waals surface area (Å²) in [4.78, 5) is 16.9. The van der Waals surface area contributed by atoms with Crippen molar-refractivity contribution in [1.82, 2.24) is 19.8 Å². The molecule has 5 rings (SSSR count). The first kappa shape index (κ1) is 19.6. The molecule has 154 valence electrons. The van der Waals surface area contributed by atoms with Crippen LogP contribution in [0.5, 0.6) is 0 Å². The number of fused-ring (bicyclic) bond motifs is 1. The van der Waals surface area contributed by atoms with Gasteiger partial charge in [-0.25, -0.2) is 9.97 Å². The van der Waals surface area contributed by atoms with Gasteiger partial charge in [-0.3, -0.25) is 9.80 Å². The smallest absolute Gasteiger partial charge is 0.135 e. The number of piperazine rings is 1. The Hall–Kier alpha value is -1.40. The van der Waals surface area contributed by atoms with Gasteiger partial charge < -0.3 is 4.90 Å². The molecule has 1 aromatic carbocycles. The quantitative estimate of drug-likeness (QED) is 0.730. The van der Waals surface area contributed by atoms with Crippen molar-refractivity contribution in [3.05, 3.63) is 51.4 Å². The number of aromatic nitrogens is 2. The fraction of sp³-hybridized carbons (Fsp3) is 0.545. The summed E-state index contributed by atoms with van der Waals surface area (Å²) < 4.78 is 0. The van der Waals surface area contributed by atoms with Crippen molar-refractivity contribution in [3.63, 3.8) is 0 Å². The van der Waals surface area contributed by atoms with E-state index >= 15 is 0 Å². The zero-order chi connectivity index (χ0) is 19.8. The molecule has 2 aliphatic heterocycles. The molecular formula is C22H27Cl2N5. The van der Waals surface area contributed by atoms with Crippen LogP contribution in [0.15, 0.2) is 24.5 Å². The first-order chi connectivity index (χ1) is 14.2. The monoisotopic (exact) mass is 431 g/mol. The van der Waals surface area contributed by atoms with Crippen LogP contribution in [0.1, 0.15) is 36.1 Å². The van der Waals surface area contributed by atoms with Crippen LogP contribution in [0.3, 0.4) is 0 Å². The Labute approximate surface area is 182 Å². The van der Waals surface area contributed by atoms with Gasteiger partial charge >= 0.3 is 0 Å². The van der Waals surface area contributed by atoms with Gasteiger partial charge in [0.25, 0.3) is 0 Å². The summed E-state index contributed by atoms with van der Waals surface area (Å²) >= 11 is 12.4. The van der Waals surface area contributed by atoms with Gasteiger partial charge in [-0.2, -0.15) is 0 Å². The van der Waals surface area contributed by atoms with Crippen molar-refractivity contribution in [1.29, 1.82) is 0 Å². The lowest BCUT2D eigenvalue weighted by atomic mass is 9.91. The molecule has 1 aromatic heterocycles. The highest BCUT2D eigenvalue weighted by Gasteiger charge is 2.30. The first-order valence-corrected chi connectivity index (χ1v) is 11.4. The van der Waals surface area contributed by atoms with Crippen LogP contribution < -0.4 is 4.90 Å². The second-order valence-corrected chi connectivity index (χ2v) is 9.27. The van der Waals surface area contributed by atoms with Gasteiger partial charge in [-0.1, -0.05) is 35.7 Å². The topological polar surface area (TPSA) is 35.5 Å². The molecule has 5 nitrogen and oxygen atoms in total. The molecule has 7 heteroatoms. The third-order valence-electron chi connectivity index (χ3n) is 6.68.